The summed E-state index contributed by atoms with van der Waals surface area (Å²) in [5.74, 6) is -0.548. The molecule has 1 aliphatic rings. The van der Waals surface area contributed by atoms with E-state index < -0.39 is 26.9 Å². The van der Waals surface area contributed by atoms with E-state index in [1.807, 2.05) is 0 Å². The van der Waals surface area contributed by atoms with E-state index in [2.05, 4.69) is 0 Å². The lowest BCUT2D eigenvalue weighted by molar-refractivity contribution is 0.580. The van der Waals surface area contributed by atoms with Crippen molar-refractivity contribution in [2.24, 2.45) is 5.73 Å². The maximum atomic E-state index is 12.9. The Morgan fingerprint density at radius 3 is 2.71 bits per heavy atom. The van der Waals surface area contributed by atoms with Gasteiger partial charge in [-0.3, -0.25) is 0 Å². The number of benzene rings is 1. The van der Waals surface area contributed by atoms with E-state index in [9.17, 15) is 12.8 Å². The SMILES string of the molecule is CC1C(N)c2ccc(F)cc2S1(=O)=O. The number of sulfone groups is 1. The first-order chi connectivity index (χ1) is 6.44. The summed E-state index contributed by atoms with van der Waals surface area (Å²) in [5, 5.41) is -0.667. The molecule has 1 heterocycles. The smallest absolute Gasteiger partial charge is 0.183 e. The second kappa shape index (κ2) is 2.77. The number of fused-ring (bicyclic) bond motifs is 1. The number of halogens is 1. The minimum Gasteiger partial charge on any atom is -0.323 e. The summed E-state index contributed by atoms with van der Waals surface area (Å²) >= 11 is 0. The molecule has 5 heteroatoms. The normalized spacial score (nSPS) is 28.8. The zero-order valence-corrected chi connectivity index (χ0v) is 8.38. The molecule has 0 aliphatic carbocycles. The Bertz CT molecular complexity index is 484. The van der Waals surface area contributed by atoms with Gasteiger partial charge in [0.1, 0.15) is 5.82 Å². The average molecular weight is 215 g/mol. The van der Waals surface area contributed by atoms with E-state index in [0.29, 0.717) is 5.56 Å². The third-order valence-electron chi connectivity index (χ3n) is 2.64. The quantitative estimate of drug-likeness (QED) is 0.702. The highest BCUT2D eigenvalue weighted by Crippen LogP contribution is 2.37. The standard InChI is InChI=1S/C9H10FNO2S/c1-5-9(11)7-3-2-6(10)4-8(7)14(5,12)13/h2-5,9H,11H2,1H3. The molecule has 1 aromatic carbocycles. The van der Waals surface area contributed by atoms with Crippen LogP contribution in [0.5, 0.6) is 0 Å². The number of hydrogen-bond acceptors (Lipinski definition) is 3. The first-order valence-electron chi connectivity index (χ1n) is 4.23. The van der Waals surface area contributed by atoms with Crippen molar-refractivity contribution >= 4 is 9.84 Å². The Morgan fingerprint density at radius 1 is 1.43 bits per heavy atom. The highest BCUT2D eigenvalue weighted by molar-refractivity contribution is 7.92. The molecule has 0 saturated carbocycles. The first-order valence-corrected chi connectivity index (χ1v) is 5.78. The summed E-state index contributed by atoms with van der Waals surface area (Å²) in [5.41, 5.74) is 6.23. The molecule has 0 aromatic heterocycles. The van der Waals surface area contributed by atoms with Crippen LogP contribution in [-0.4, -0.2) is 13.7 Å². The van der Waals surface area contributed by atoms with Gasteiger partial charge in [-0.05, 0) is 24.6 Å². The molecule has 2 N–H and O–H groups in total. The number of hydrogen-bond donors (Lipinski definition) is 1. The molecule has 0 bridgehead atoms. The maximum absolute atomic E-state index is 12.9. The van der Waals surface area contributed by atoms with Gasteiger partial charge in [0.05, 0.1) is 10.1 Å². The second-order valence-electron chi connectivity index (χ2n) is 3.46. The molecule has 3 nitrogen and oxygen atoms in total. The van der Waals surface area contributed by atoms with Gasteiger partial charge in [0.15, 0.2) is 9.84 Å². The number of rotatable bonds is 0. The molecule has 0 amide bonds. The van der Waals surface area contributed by atoms with E-state index >= 15 is 0 Å². The molecule has 76 valence electrons. The lowest BCUT2D eigenvalue weighted by Crippen LogP contribution is -2.23. The van der Waals surface area contributed by atoms with Gasteiger partial charge in [0.25, 0.3) is 0 Å². The summed E-state index contributed by atoms with van der Waals surface area (Å²) in [6.07, 6.45) is 0. The molecule has 1 aliphatic heterocycles. The third-order valence-corrected chi connectivity index (χ3v) is 4.88. The summed E-state index contributed by atoms with van der Waals surface area (Å²) in [4.78, 5) is 0.0394. The van der Waals surface area contributed by atoms with Crippen LogP contribution >= 0.6 is 0 Å². The topological polar surface area (TPSA) is 60.2 Å². The molecule has 0 radical (unpaired) electrons. The monoisotopic (exact) mass is 215 g/mol. The molecule has 1 aromatic rings. The first kappa shape index (κ1) is 9.61. The van der Waals surface area contributed by atoms with Gasteiger partial charge < -0.3 is 5.73 Å². The highest BCUT2D eigenvalue weighted by atomic mass is 32.2. The van der Waals surface area contributed by atoms with Crippen LogP contribution in [0.25, 0.3) is 0 Å². The van der Waals surface area contributed by atoms with Crippen molar-refractivity contribution in [2.45, 2.75) is 23.1 Å². The Morgan fingerprint density at radius 2 is 2.07 bits per heavy atom. The van der Waals surface area contributed by atoms with Gasteiger partial charge in [-0.15, -0.1) is 0 Å². The zero-order chi connectivity index (χ0) is 10.5. The van der Waals surface area contributed by atoms with Crippen LogP contribution in [0.2, 0.25) is 0 Å². The maximum Gasteiger partial charge on any atom is 0.183 e. The lowest BCUT2D eigenvalue weighted by atomic mass is 10.1. The van der Waals surface area contributed by atoms with Gasteiger partial charge in [-0.2, -0.15) is 0 Å². The van der Waals surface area contributed by atoms with Crippen LogP contribution in [0.3, 0.4) is 0 Å². The Balaban J connectivity index is 2.76. The van der Waals surface area contributed by atoms with Crippen molar-refractivity contribution < 1.29 is 12.8 Å². The van der Waals surface area contributed by atoms with Crippen LogP contribution in [0, 0.1) is 5.82 Å². The zero-order valence-electron chi connectivity index (χ0n) is 7.57. The van der Waals surface area contributed by atoms with Gasteiger partial charge in [0.2, 0.25) is 0 Å². The van der Waals surface area contributed by atoms with Crippen molar-refractivity contribution in [2.75, 3.05) is 0 Å². The van der Waals surface area contributed by atoms with Crippen molar-refractivity contribution in [3.8, 4) is 0 Å². The lowest BCUT2D eigenvalue weighted by Gasteiger charge is -2.07. The van der Waals surface area contributed by atoms with Crippen molar-refractivity contribution in [1.29, 1.82) is 0 Å². The Kier molecular flexibility index (Phi) is 1.90. The fourth-order valence-corrected chi connectivity index (χ4v) is 3.42. The van der Waals surface area contributed by atoms with Crippen molar-refractivity contribution in [3.63, 3.8) is 0 Å². The van der Waals surface area contributed by atoms with E-state index in [1.165, 1.54) is 19.1 Å². The van der Waals surface area contributed by atoms with Crippen molar-refractivity contribution in [3.05, 3.63) is 29.6 Å². The van der Waals surface area contributed by atoms with E-state index in [4.69, 9.17) is 5.73 Å². The van der Waals surface area contributed by atoms with Crippen molar-refractivity contribution in [1.82, 2.24) is 0 Å². The molecule has 0 spiro atoms. The number of nitrogens with two attached hydrogens (primary N) is 1. The predicted octanol–water partition coefficient (Wildman–Crippen LogP) is 1.00. The average Bonchev–Trinajstić information content (AvgIpc) is 2.29. The largest absolute Gasteiger partial charge is 0.323 e. The molecular weight excluding hydrogens is 205 g/mol. The molecule has 2 rings (SSSR count). The highest BCUT2D eigenvalue weighted by Gasteiger charge is 2.40. The molecule has 2 atom stereocenters. The molecule has 2 unspecified atom stereocenters. The van der Waals surface area contributed by atoms with Gasteiger partial charge >= 0.3 is 0 Å². The fourth-order valence-electron chi connectivity index (χ4n) is 1.68. The molecule has 0 fully saturated rings. The van der Waals surface area contributed by atoms with Crippen LogP contribution < -0.4 is 5.73 Å². The molecule has 14 heavy (non-hydrogen) atoms. The van der Waals surface area contributed by atoms with Crippen LogP contribution in [-0.2, 0) is 9.84 Å². The summed E-state index contributed by atoms with van der Waals surface area (Å²) < 4.78 is 36.3. The van der Waals surface area contributed by atoms with Gasteiger partial charge in [0, 0.05) is 6.04 Å². The summed E-state index contributed by atoms with van der Waals surface area (Å²) in [7, 11) is -3.42. The van der Waals surface area contributed by atoms with Gasteiger partial charge in [-0.1, -0.05) is 6.07 Å². The van der Waals surface area contributed by atoms with Crippen LogP contribution in [0.1, 0.15) is 18.5 Å². The summed E-state index contributed by atoms with van der Waals surface area (Å²) in [6.45, 7) is 1.54. The third kappa shape index (κ3) is 1.09. The molecule has 0 saturated heterocycles. The molecular formula is C9H10FNO2S. The fraction of sp³-hybridized carbons (Fsp3) is 0.333. The Hall–Kier alpha value is -0.940. The van der Waals surface area contributed by atoms with Crippen LogP contribution in [0.15, 0.2) is 23.1 Å². The second-order valence-corrected chi connectivity index (χ2v) is 5.73. The van der Waals surface area contributed by atoms with Crippen LogP contribution in [0.4, 0.5) is 4.39 Å². The minimum atomic E-state index is -3.42. The van der Waals surface area contributed by atoms with E-state index in [1.54, 1.807) is 0 Å². The van der Waals surface area contributed by atoms with E-state index in [0.717, 1.165) is 6.07 Å². The van der Waals surface area contributed by atoms with E-state index in [-0.39, 0.29) is 4.90 Å². The minimum absolute atomic E-state index is 0.0394. The predicted molar refractivity (Wildman–Crippen MR) is 50.0 cm³/mol. The Labute approximate surface area is 81.7 Å². The van der Waals surface area contributed by atoms with Gasteiger partial charge in [-0.25, -0.2) is 12.8 Å². The summed E-state index contributed by atoms with van der Waals surface area (Å²) in [6, 6.07) is 3.16.